The summed E-state index contributed by atoms with van der Waals surface area (Å²) < 4.78 is 16.6. The minimum atomic E-state index is -0.138. The molecule has 26 heavy (non-hydrogen) atoms. The first-order valence-corrected chi connectivity index (χ1v) is 9.58. The van der Waals surface area contributed by atoms with Crippen molar-refractivity contribution in [3.8, 4) is 17.2 Å². The van der Waals surface area contributed by atoms with Crippen LogP contribution in [-0.2, 0) is 4.79 Å². The summed E-state index contributed by atoms with van der Waals surface area (Å²) in [6, 6.07) is 3.39. The van der Waals surface area contributed by atoms with E-state index in [0.29, 0.717) is 22.9 Å². The summed E-state index contributed by atoms with van der Waals surface area (Å²) in [5.41, 5.74) is 0.579. The largest absolute Gasteiger partial charge is 0.493 e. The minimum absolute atomic E-state index is 0.138. The van der Waals surface area contributed by atoms with E-state index in [1.165, 1.54) is 33.1 Å². The van der Waals surface area contributed by atoms with Crippen molar-refractivity contribution in [3.63, 3.8) is 0 Å². The Labute approximate surface area is 163 Å². The number of piperazine rings is 1. The van der Waals surface area contributed by atoms with Gasteiger partial charge in [0.2, 0.25) is 11.7 Å². The highest BCUT2D eigenvalue weighted by atomic mass is 32.2. The first kappa shape index (κ1) is 20.6. The van der Waals surface area contributed by atoms with Crippen molar-refractivity contribution < 1.29 is 19.0 Å². The van der Waals surface area contributed by atoms with Crippen molar-refractivity contribution in [3.05, 3.63) is 12.1 Å². The molecule has 2 rings (SSSR count). The molecule has 0 aromatic heterocycles. The van der Waals surface area contributed by atoms with E-state index in [0.717, 1.165) is 30.5 Å². The molecule has 0 aliphatic carbocycles. The number of anilines is 1. The second kappa shape index (κ2) is 9.84. The Hall–Kier alpha value is -1.71. The molecule has 1 N–H and O–H groups in total. The first-order chi connectivity index (χ1) is 12.5. The molecule has 0 saturated carbocycles. The molecule has 0 atom stereocenters. The summed E-state index contributed by atoms with van der Waals surface area (Å²) in [7, 11) is 6.70. The van der Waals surface area contributed by atoms with Gasteiger partial charge in [0.25, 0.3) is 0 Å². The van der Waals surface area contributed by atoms with Gasteiger partial charge >= 0.3 is 0 Å². The molecule has 0 bridgehead atoms. The zero-order valence-corrected chi connectivity index (χ0v) is 17.2. The van der Waals surface area contributed by atoms with Gasteiger partial charge in [0, 0.05) is 44.0 Å². The molecule has 0 unspecified atom stereocenters. The SMILES string of the molecule is COc1cc(NC(=O)CSC(=S)N2CCN(C)CC2)cc(OC)c1OC. The number of likely N-dealkylation sites (N-methyl/N-ethyl adjacent to an activating group) is 1. The van der Waals surface area contributed by atoms with Crippen LogP contribution in [0.2, 0.25) is 0 Å². The molecule has 1 saturated heterocycles. The van der Waals surface area contributed by atoms with Crippen LogP contribution < -0.4 is 19.5 Å². The second-order valence-electron chi connectivity index (χ2n) is 5.81. The van der Waals surface area contributed by atoms with E-state index in [2.05, 4.69) is 22.2 Å². The number of methoxy groups -OCH3 is 3. The zero-order valence-electron chi connectivity index (χ0n) is 15.5. The van der Waals surface area contributed by atoms with Crippen molar-refractivity contribution >= 4 is 39.9 Å². The van der Waals surface area contributed by atoms with Crippen LogP contribution in [0, 0.1) is 0 Å². The lowest BCUT2D eigenvalue weighted by Crippen LogP contribution is -2.46. The number of benzene rings is 1. The van der Waals surface area contributed by atoms with Gasteiger partial charge in [0.15, 0.2) is 11.5 Å². The molecule has 1 aliphatic heterocycles. The number of carbonyl (C=O) groups excluding carboxylic acids is 1. The van der Waals surface area contributed by atoms with Crippen molar-refractivity contribution in [2.75, 3.05) is 65.6 Å². The van der Waals surface area contributed by atoms with Crippen LogP contribution in [0.15, 0.2) is 12.1 Å². The number of nitrogens with zero attached hydrogens (tertiary/aromatic N) is 2. The number of carbonyl (C=O) groups is 1. The lowest BCUT2D eigenvalue weighted by atomic mass is 10.2. The highest BCUT2D eigenvalue weighted by molar-refractivity contribution is 8.23. The molecule has 1 fully saturated rings. The van der Waals surface area contributed by atoms with Gasteiger partial charge in [-0.2, -0.15) is 0 Å². The fourth-order valence-electron chi connectivity index (χ4n) is 2.56. The number of nitrogens with one attached hydrogen (secondary N) is 1. The van der Waals surface area contributed by atoms with Gasteiger partial charge in [-0.25, -0.2) is 0 Å². The van der Waals surface area contributed by atoms with Gasteiger partial charge in [-0.3, -0.25) is 4.79 Å². The van der Waals surface area contributed by atoms with Crippen LogP contribution in [-0.4, -0.2) is 80.3 Å². The summed E-state index contributed by atoms with van der Waals surface area (Å²) in [6.07, 6.45) is 0. The number of ether oxygens (including phenoxy) is 3. The van der Waals surface area contributed by atoms with Crippen molar-refractivity contribution in [2.24, 2.45) is 0 Å². The number of thiocarbonyl (C=S) groups is 1. The van der Waals surface area contributed by atoms with Crippen LogP contribution in [0.1, 0.15) is 0 Å². The highest BCUT2D eigenvalue weighted by Crippen LogP contribution is 2.39. The average molecular weight is 400 g/mol. The predicted octanol–water partition coefficient (Wildman–Crippen LogP) is 1.92. The molecule has 1 amide bonds. The fraction of sp³-hybridized carbons (Fsp3) is 0.529. The normalized spacial score (nSPS) is 14.7. The monoisotopic (exact) mass is 399 g/mol. The fourth-order valence-corrected chi connectivity index (χ4v) is 3.61. The Balaban J connectivity index is 1.92. The Morgan fingerprint density at radius 3 is 2.19 bits per heavy atom. The number of rotatable bonds is 6. The Morgan fingerprint density at radius 2 is 1.69 bits per heavy atom. The molecule has 0 spiro atoms. The Kier molecular flexibility index (Phi) is 7.80. The second-order valence-corrected chi connectivity index (χ2v) is 7.42. The van der Waals surface area contributed by atoms with E-state index in [4.69, 9.17) is 26.4 Å². The predicted molar refractivity (Wildman–Crippen MR) is 109 cm³/mol. The Morgan fingerprint density at radius 1 is 1.12 bits per heavy atom. The van der Waals surface area contributed by atoms with Crippen LogP contribution in [0.5, 0.6) is 17.2 Å². The summed E-state index contributed by atoms with van der Waals surface area (Å²) in [4.78, 5) is 16.7. The standard InChI is InChI=1S/C17H25N3O4S2/c1-19-5-7-20(8-6-19)17(25)26-11-15(21)18-12-9-13(22-2)16(24-4)14(10-12)23-3/h9-10H,5-8,11H2,1-4H3,(H,18,21). The molecule has 1 aromatic carbocycles. The van der Waals surface area contributed by atoms with E-state index in [1.807, 2.05) is 0 Å². The van der Waals surface area contributed by atoms with Crippen LogP contribution in [0.25, 0.3) is 0 Å². The molecule has 1 aliphatic rings. The lowest BCUT2D eigenvalue weighted by molar-refractivity contribution is -0.113. The summed E-state index contributed by atoms with van der Waals surface area (Å²) in [6.45, 7) is 3.77. The number of hydrogen-bond donors (Lipinski definition) is 1. The molecule has 1 aromatic rings. The maximum atomic E-state index is 12.3. The van der Waals surface area contributed by atoms with Gasteiger partial charge in [0.1, 0.15) is 4.32 Å². The van der Waals surface area contributed by atoms with E-state index in [1.54, 1.807) is 12.1 Å². The smallest absolute Gasteiger partial charge is 0.234 e. The first-order valence-electron chi connectivity index (χ1n) is 8.18. The third kappa shape index (κ3) is 5.39. The van der Waals surface area contributed by atoms with Crippen molar-refractivity contribution in [1.82, 2.24) is 9.80 Å². The van der Waals surface area contributed by atoms with E-state index in [9.17, 15) is 4.79 Å². The maximum absolute atomic E-state index is 12.3. The lowest BCUT2D eigenvalue weighted by Gasteiger charge is -2.33. The van der Waals surface area contributed by atoms with Gasteiger partial charge in [-0.1, -0.05) is 24.0 Å². The van der Waals surface area contributed by atoms with Crippen LogP contribution in [0.3, 0.4) is 0 Å². The molecular formula is C17H25N3O4S2. The highest BCUT2D eigenvalue weighted by Gasteiger charge is 2.18. The summed E-state index contributed by atoms with van der Waals surface area (Å²) >= 11 is 6.82. The molecule has 9 heteroatoms. The third-order valence-corrected chi connectivity index (χ3v) is 5.56. The van der Waals surface area contributed by atoms with Crippen LogP contribution in [0.4, 0.5) is 5.69 Å². The van der Waals surface area contributed by atoms with E-state index < -0.39 is 0 Å². The van der Waals surface area contributed by atoms with Crippen molar-refractivity contribution in [1.29, 1.82) is 0 Å². The maximum Gasteiger partial charge on any atom is 0.234 e. The number of thioether (sulfide) groups is 1. The minimum Gasteiger partial charge on any atom is -0.493 e. The quantitative estimate of drug-likeness (QED) is 0.728. The van der Waals surface area contributed by atoms with Gasteiger partial charge in [-0.05, 0) is 7.05 Å². The molecule has 144 valence electrons. The van der Waals surface area contributed by atoms with Crippen LogP contribution >= 0.6 is 24.0 Å². The van der Waals surface area contributed by atoms with Gasteiger partial charge in [-0.15, -0.1) is 0 Å². The topological polar surface area (TPSA) is 63.3 Å². The van der Waals surface area contributed by atoms with E-state index in [-0.39, 0.29) is 11.7 Å². The zero-order chi connectivity index (χ0) is 19.1. The molecule has 0 radical (unpaired) electrons. The average Bonchev–Trinajstić information content (AvgIpc) is 2.65. The van der Waals surface area contributed by atoms with Gasteiger partial charge in [0.05, 0.1) is 27.1 Å². The molecular weight excluding hydrogens is 374 g/mol. The molecule has 7 nitrogen and oxygen atoms in total. The third-order valence-electron chi connectivity index (χ3n) is 4.04. The van der Waals surface area contributed by atoms with E-state index >= 15 is 0 Å². The summed E-state index contributed by atoms with van der Waals surface area (Å²) in [5.74, 6) is 1.58. The number of amides is 1. The molecule has 1 heterocycles. The van der Waals surface area contributed by atoms with Gasteiger partial charge < -0.3 is 29.3 Å². The summed E-state index contributed by atoms with van der Waals surface area (Å²) in [5, 5.41) is 2.85. The van der Waals surface area contributed by atoms with Crippen molar-refractivity contribution in [2.45, 2.75) is 0 Å². The number of hydrogen-bond acceptors (Lipinski definition) is 7. The Bertz CT molecular complexity index is 624.